The SMILES string of the molecule is Cc1cccc(C)c1-c1ccc2c(n1)oc1ccc(-c3cc(CC4CCCC4)c(C(C)C)cn3)cc12. The lowest BCUT2D eigenvalue weighted by Crippen LogP contribution is -2.05. The van der Waals surface area contributed by atoms with Crippen LogP contribution >= 0.6 is 0 Å². The zero-order valence-electron chi connectivity index (χ0n) is 21.8. The normalized spacial score (nSPS) is 14.5. The van der Waals surface area contributed by atoms with E-state index in [4.69, 9.17) is 14.4 Å². The Hall–Kier alpha value is -3.46. The standard InChI is InChI=1S/C33H34N2O/c1-20(2)28-19-34-30(18-25(28)16-23-10-5-6-11-23)24-12-15-31-27(17-24)26-13-14-29(35-33(26)36-31)32-21(3)8-7-9-22(32)4/h7-9,12-15,17-20,23H,5-6,10-11,16H2,1-4H3. The van der Waals surface area contributed by atoms with Crippen LogP contribution in [-0.4, -0.2) is 9.97 Å². The fourth-order valence-corrected chi connectivity index (χ4v) is 6.06. The molecule has 0 unspecified atom stereocenters. The van der Waals surface area contributed by atoms with E-state index < -0.39 is 0 Å². The molecule has 0 spiro atoms. The van der Waals surface area contributed by atoms with E-state index in [1.807, 2.05) is 0 Å². The number of aromatic nitrogens is 2. The Morgan fingerprint density at radius 2 is 1.67 bits per heavy atom. The molecular weight excluding hydrogens is 440 g/mol. The Balaban J connectivity index is 1.41. The van der Waals surface area contributed by atoms with Gasteiger partial charge < -0.3 is 4.42 Å². The van der Waals surface area contributed by atoms with E-state index in [2.05, 4.69) is 88.5 Å². The average molecular weight is 475 g/mol. The third-order valence-corrected chi connectivity index (χ3v) is 8.00. The Morgan fingerprint density at radius 3 is 2.42 bits per heavy atom. The molecule has 0 saturated heterocycles. The van der Waals surface area contributed by atoms with Crippen LogP contribution < -0.4 is 0 Å². The summed E-state index contributed by atoms with van der Waals surface area (Å²) in [6.07, 6.45) is 8.76. The summed E-state index contributed by atoms with van der Waals surface area (Å²) in [7, 11) is 0. The van der Waals surface area contributed by atoms with Crippen molar-refractivity contribution >= 4 is 22.1 Å². The van der Waals surface area contributed by atoms with Crippen molar-refractivity contribution in [2.45, 2.75) is 65.7 Å². The van der Waals surface area contributed by atoms with Crippen molar-refractivity contribution in [2.24, 2.45) is 5.92 Å². The average Bonchev–Trinajstić information content (AvgIpc) is 3.50. The largest absolute Gasteiger partial charge is 0.438 e. The predicted molar refractivity (Wildman–Crippen MR) is 149 cm³/mol. The van der Waals surface area contributed by atoms with Crippen molar-refractivity contribution in [3.8, 4) is 22.5 Å². The summed E-state index contributed by atoms with van der Waals surface area (Å²) in [4.78, 5) is 9.83. The summed E-state index contributed by atoms with van der Waals surface area (Å²) in [5.74, 6) is 1.30. The monoisotopic (exact) mass is 474 g/mol. The Labute approximate surface area is 213 Å². The minimum Gasteiger partial charge on any atom is -0.438 e. The summed E-state index contributed by atoms with van der Waals surface area (Å²) < 4.78 is 6.22. The molecule has 0 radical (unpaired) electrons. The van der Waals surface area contributed by atoms with Gasteiger partial charge in [-0.1, -0.05) is 57.7 Å². The molecule has 1 saturated carbocycles. The molecule has 3 aromatic heterocycles. The lowest BCUT2D eigenvalue weighted by molar-refractivity contribution is 0.542. The molecule has 3 heteroatoms. The minimum atomic E-state index is 0.486. The van der Waals surface area contributed by atoms with Crippen LogP contribution in [0.15, 0.2) is 65.2 Å². The molecule has 2 aromatic carbocycles. The number of hydrogen-bond acceptors (Lipinski definition) is 3. The fraction of sp³-hybridized carbons (Fsp3) is 0.333. The van der Waals surface area contributed by atoms with Crippen molar-refractivity contribution in [3.05, 3.63) is 83.0 Å². The summed E-state index contributed by atoms with van der Waals surface area (Å²) in [5, 5.41) is 2.14. The first-order valence-corrected chi connectivity index (χ1v) is 13.4. The van der Waals surface area contributed by atoms with Crippen LogP contribution in [0.3, 0.4) is 0 Å². The van der Waals surface area contributed by atoms with Crippen LogP contribution in [0.2, 0.25) is 0 Å². The molecule has 0 amide bonds. The highest BCUT2D eigenvalue weighted by Gasteiger charge is 2.19. The van der Waals surface area contributed by atoms with Gasteiger partial charge in [0.2, 0.25) is 5.71 Å². The van der Waals surface area contributed by atoms with E-state index in [-0.39, 0.29) is 0 Å². The molecule has 36 heavy (non-hydrogen) atoms. The maximum absolute atomic E-state index is 6.22. The summed E-state index contributed by atoms with van der Waals surface area (Å²) in [5.41, 5.74) is 11.2. The molecule has 5 aromatic rings. The summed E-state index contributed by atoms with van der Waals surface area (Å²) in [6.45, 7) is 8.83. The maximum Gasteiger partial charge on any atom is 0.227 e. The highest BCUT2D eigenvalue weighted by molar-refractivity contribution is 6.05. The first kappa shape index (κ1) is 23.0. The molecule has 3 nitrogen and oxygen atoms in total. The van der Waals surface area contributed by atoms with Crippen LogP contribution in [0.25, 0.3) is 44.6 Å². The predicted octanol–water partition coefficient (Wildman–Crippen LogP) is 9.18. The molecule has 1 aliphatic rings. The van der Waals surface area contributed by atoms with E-state index in [9.17, 15) is 0 Å². The first-order valence-electron chi connectivity index (χ1n) is 13.4. The number of aryl methyl sites for hydroxylation is 2. The fourth-order valence-electron chi connectivity index (χ4n) is 6.06. The number of fused-ring (bicyclic) bond motifs is 3. The lowest BCUT2D eigenvalue weighted by atomic mass is 9.90. The molecule has 0 atom stereocenters. The van der Waals surface area contributed by atoms with Gasteiger partial charge in [0.1, 0.15) is 5.58 Å². The van der Waals surface area contributed by atoms with Gasteiger partial charge in [-0.3, -0.25) is 4.98 Å². The maximum atomic E-state index is 6.22. The quantitative estimate of drug-likeness (QED) is 0.255. The van der Waals surface area contributed by atoms with Crippen molar-refractivity contribution in [2.75, 3.05) is 0 Å². The topological polar surface area (TPSA) is 38.9 Å². The van der Waals surface area contributed by atoms with Gasteiger partial charge in [-0.2, -0.15) is 0 Å². The molecule has 0 aliphatic heterocycles. The van der Waals surface area contributed by atoms with Crippen LogP contribution in [0.5, 0.6) is 0 Å². The highest BCUT2D eigenvalue weighted by atomic mass is 16.3. The number of furan rings is 1. The second-order valence-electron chi connectivity index (χ2n) is 10.9. The van der Waals surface area contributed by atoms with Gasteiger partial charge in [0.05, 0.1) is 11.4 Å². The molecule has 1 aliphatic carbocycles. The molecule has 0 N–H and O–H groups in total. The van der Waals surface area contributed by atoms with Crippen molar-refractivity contribution in [3.63, 3.8) is 0 Å². The number of pyridine rings is 2. The Bertz CT molecular complexity index is 1550. The van der Waals surface area contributed by atoms with E-state index in [1.54, 1.807) is 0 Å². The molecule has 3 heterocycles. The van der Waals surface area contributed by atoms with Crippen molar-refractivity contribution in [1.29, 1.82) is 0 Å². The minimum absolute atomic E-state index is 0.486. The van der Waals surface area contributed by atoms with Crippen LogP contribution in [-0.2, 0) is 6.42 Å². The van der Waals surface area contributed by atoms with E-state index in [0.29, 0.717) is 11.6 Å². The Kier molecular flexibility index (Phi) is 5.87. The van der Waals surface area contributed by atoms with Gasteiger partial charge in [0, 0.05) is 28.1 Å². The smallest absolute Gasteiger partial charge is 0.227 e. The molecule has 0 bridgehead atoms. The first-order chi connectivity index (χ1) is 17.5. The number of benzene rings is 2. The number of nitrogens with zero attached hydrogens (tertiary/aromatic N) is 2. The molecule has 6 rings (SSSR count). The van der Waals surface area contributed by atoms with Gasteiger partial charge in [0.15, 0.2) is 0 Å². The number of hydrogen-bond donors (Lipinski definition) is 0. The van der Waals surface area contributed by atoms with Gasteiger partial charge >= 0.3 is 0 Å². The summed E-state index contributed by atoms with van der Waals surface area (Å²) in [6, 6.07) is 19.4. The third kappa shape index (κ3) is 4.11. The van der Waals surface area contributed by atoms with Crippen molar-refractivity contribution < 1.29 is 4.42 Å². The zero-order chi connectivity index (χ0) is 24.8. The Morgan fingerprint density at radius 1 is 0.889 bits per heavy atom. The zero-order valence-corrected chi connectivity index (χ0v) is 21.8. The van der Waals surface area contributed by atoms with Gasteiger partial charge in [-0.05, 0) is 90.8 Å². The van der Waals surface area contributed by atoms with E-state index in [1.165, 1.54) is 59.9 Å². The van der Waals surface area contributed by atoms with Gasteiger partial charge in [0.25, 0.3) is 0 Å². The van der Waals surface area contributed by atoms with Crippen LogP contribution in [0.1, 0.15) is 67.7 Å². The third-order valence-electron chi connectivity index (χ3n) is 8.00. The lowest BCUT2D eigenvalue weighted by Gasteiger charge is -2.17. The van der Waals surface area contributed by atoms with Crippen LogP contribution in [0.4, 0.5) is 0 Å². The van der Waals surface area contributed by atoms with E-state index in [0.717, 1.165) is 39.2 Å². The second-order valence-corrected chi connectivity index (χ2v) is 10.9. The number of rotatable bonds is 5. The molecular formula is C33H34N2O. The summed E-state index contributed by atoms with van der Waals surface area (Å²) >= 11 is 0. The van der Waals surface area contributed by atoms with Gasteiger partial charge in [-0.25, -0.2) is 4.98 Å². The van der Waals surface area contributed by atoms with Crippen LogP contribution in [0, 0.1) is 19.8 Å². The second kappa shape index (κ2) is 9.20. The van der Waals surface area contributed by atoms with Crippen molar-refractivity contribution in [1.82, 2.24) is 9.97 Å². The van der Waals surface area contributed by atoms with Gasteiger partial charge in [-0.15, -0.1) is 0 Å². The van der Waals surface area contributed by atoms with E-state index >= 15 is 0 Å². The highest BCUT2D eigenvalue weighted by Crippen LogP contribution is 2.36. The molecule has 1 fully saturated rings. The molecule has 182 valence electrons.